The highest BCUT2D eigenvalue weighted by Crippen LogP contribution is 2.22. The van der Waals surface area contributed by atoms with Gasteiger partial charge in [0, 0.05) is 17.1 Å². The summed E-state index contributed by atoms with van der Waals surface area (Å²) in [5.41, 5.74) is 0.647. The molecular weight excluding hydrogens is 348 g/mol. The third kappa shape index (κ3) is 4.36. The van der Waals surface area contributed by atoms with Gasteiger partial charge in [-0.3, -0.25) is 10.1 Å². The summed E-state index contributed by atoms with van der Waals surface area (Å²) < 4.78 is 35.4. The average molecular weight is 361 g/mol. The molecule has 1 amide bonds. The number of carbonyl (C=O) groups excluding carboxylic acids is 1. The van der Waals surface area contributed by atoms with E-state index in [-0.39, 0.29) is 11.6 Å². The molecule has 5 nitrogen and oxygen atoms in total. The van der Waals surface area contributed by atoms with Crippen LogP contribution in [0.3, 0.4) is 0 Å². The summed E-state index contributed by atoms with van der Waals surface area (Å²) in [6, 6.07) is 11.1. The van der Waals surface area contributed by atoms with Gasteiger partial charge in [0.2, 0.25) is 5.13 Å². The van der Waals surface area contributed by atoms with Gasteiger partial charge >= 0.3 is 0 Å². The Labute approximate surface area is 146 Å². The Morgan fingerprint density at radius 2 is 1.68 bits per heavy atom. The second kappa shape index (κ2) is 7.35. The van der Waals surface area contributed by atoms with Crippen LogP contribution < -0.4 is 10.1 Å². The van der Waals surface area contributed by atoms with Crippen molar-refractivity contribution in [2.45, 2.75) is 13.0 Å². The summed E-state index contributed by atoms with van der Waals surface area (Å²) >= 11 is 1.01. The number of anilines is 1. The van der Waals surface area contributed by atoms with Crippen LogP contribution in [0.4, 0.5) is 13.9 Å². The van der Waals surface area contributed by atoms with Crippen molar-refractivity contribution in [2.24, 2.45) is 0 Å². The van der Waals surface area contributed by atoms with Crippen molar-refractivity contribution in [1.29, 1.82) is 0 Å². The molecular formula is C17H13F2N3O2S. The molecule has 0 fully saturated rings. The van der Waals surface area contributed by atoms with Crippen LogP contribution in [0.2, 0.25) is 0 Å². The minimum Gasteiger partial charge on any atom is -0.481 e. The van der Waals surface area contributed by atoms with E-state index in [9.17, 15) is 13.6 Å². The van der Waals surface area contributed by atoms with Crippen molar-refractivity contribution in [1.82, 2.24) is 9.36 Å². The van der Waals surface area contributed by atoms with E-state index < -0.39 is 12.0 Å². The minimum atomic E-state index is -0.802. The molecule has 3 aromatic rings. The van der Waals surface area contributed by atoms with Crippen LogP contribution in [0.25, 0.3) is 11.4 Å². The molecule has 0 aliphatic heterocycles. The van der Waals surface area contributed by atoms with Gasteiger partial charge in [0.1, 0.15) is 17.4 Å². The molecule has 1 N–H and O–H groups in total. The van der Waals surface area contributed by atoms with E-state index in [0.717, 1.165) is 11.5 Å². The lowest BCUT2D eigenvalue weighted by molar-refractivity contribution is -0.122. The van der Waals surface area contributed by atoms with E-state index >= 15 is 0 Å². The zero-order valence-corrected chi connectivity index (χ0v) is 13.9. The lowest BCUT2D eigenvalue weighted by Gasteiger charge is -2.13. The molecule has 0 unspecified atom stereocenters. The predicted molar refractivity (Wildman–Crippen MR) is 90.4 cm³/mol. The number of nitrogens with zero attached hydrogens (tertiary/aromatic N) is 2. The normalized spacial score (nSPS) is 11.8. The predicted octanol–water partition coefficient (Wildman–Crippen LogP) is 3.89. The number of carbonyl (C=O) groups is 1. The number of aromatic nitrogens is 2. The molecule has 1 aromatic heterocycles. The molecule has 2 aromatic carbocycles. The van der Waals surface area contributed by atoms with Gasteiger partial charge in [-0.25, -0.2) is 8.78 Å². The van der Waals surface area contributed by atoms with Crippen LogP contribution in [0, 0.1) is 11.6 Å². The molecule has 0 saturated carbocycles. The monoisotopic (exact) mass is 361 g/mol. The molecule has 0 bridgehead atoms. The largest absolute Gasteiger partial charge is 0.481 e. The fourth-order valence-electron chi connectivity index (χ4n) is 1.97. The van der Waals surface area contributed by atoms with Crippen molar-refractivity contribution in [3.8, 4) is 17.1 Å². The number of benzene rings is 2. The maximum absolute atomic E-state index is 12.9. The van der Waals surface area contributed by atoms with E-state index in [1.807, 2.05) is 0 Å². The molecule has 25 heavy (non-hydrogen) atoms. The number of halogens is 2. The van der Waals surface area contributed by atoms with Gasteiger partial charge in [0.15, 0.2) is 11.9 Å². The van der Waals surface area contributed by atoms with Gasteiger partial charge in [-0.2, -0.15) is 9.36 Å². The summed E-state index contributed by atoms with van der Waals surface area (Å²) in [4.78, 5) is 16.4. The Kier molecular flexibility index (Phi) is 4.99. The van der Waals surface area contributed by atoms with Crippen molar-refractivity contribution in [3.63, 3.8) is 0 Å². The average Bonchev–Trinajstić information content (AvgIpc) is 3.06. The summed E-state index contributed by atoms with van der Waals surface area (Å²) in [5, 5.41) is 2.91. The molecule has 1 heterocycles. The van der Waals surface area contributed by atoms with E-state index in [0.29, 0.717) is 22.3 Å². The van der Waals surface area contributed by atoms with Crippen LogP contribution in [0.1, 0.15) is 6.92 Å². The van der Waals surface area contributed by atoms with E-state index in [4.69, 9.17) is 4.74 Å². The quantitative estimate of drug-likeness (QED) is 0.749. The van der Waals surface area contributed by atoms with Crippen LogP contribution in [0.5, 0.6) is 5.75 Å². The number of ether oxygens (including phenoxy) is 1. The van der Waals surface area contributed by atoms with Crippen molar-refractivity contribution >= 4 is 22.6 Å². The molecule has 0 aliphatic rings. The van der Waals surface area contributed by atoms with E-state index in [1.54, 1.807) is 19.1 Å². The highest BCUT2D eigenvalue weighted by molar-refractivity contribution is 7.10. The van der Waals surface area contributed by atoms with E-state index in [1.165, 1.54) is 36.4 Å². The van der Waals surface area contributed by atoms with Crippen LogP contribution in [-0.2, 0) is 4.79 Å². The van der Waals surface area contributed by atoms with Crippen molar-refractivity contribution in [2.75, 3.05) is 5.32 Å². The van der Waals surface area contributed by atoms with Gasteiger partial charge in [-0.1, -0.05) is 0 Å². The zero-order chi connectivity index (χ0) is 17.8. The van der Waals surface area contributed by atoms with Crippen LogP contribution in [0.15, 0.2) is 48.5 Å². The van der Waals surface area contributed by atoms with Gasteiger partial charge < -0.3 is 4.74 Å². The first kappa shape index (κ1) is 17.0. The number of nitrogens with one attached hydrogen (secondary N) is 1. The van der Waals surface area contributed by atoms with Crippen molar-refractivity contribution in [3.05, 3.63) is 60.2 Å². The number of amides is 1. The Morgan fingerprint density at radius 3 is 2.32 bits per heavy atom. The first-order valence-electron chi connectivity index (χ1n) is 7.34. The molecule has 0 saturated heterocycles. The second-order valence-electron chi connectivity index (χ2n) is 5.13. The Balaban J connectivity index is 1.62. The maximum atomic E-state index is 12.9. The lowest BCUT2D eigenvalue weighted by atomic mass is 10.2. The Hall–Kier alpha value is -2.87. The maximum Gasteiger partial charge on any atom is 0.266 e. The second-order valence-corrected chi connectivity index (χ2v) is 5.89. The smallest absolute Gasteiger partial charge is 0.266 e. The first-order chi connectivity index (χ1) is 12.0. The minimum absolute atomic E-state index is 0.305. The lowest BCUT2D eigenvalue weighted by Crippen LogP contribution is -2.30. The van der Waals surface area contributed by atoms with Crippen LogP contribution in [-0.4, -0.2) is 21.4 Å². The molecule has 0 spiro atoms. The number of hydrogen-bond acceptors (Lipinski definition) is 5. The fourth-order valence-corrected chi connectivity index (χ4v) is 2.56. The molecule has 1 atom stereocenters. The summed E-state index contributed by atoms with van der Waals surface area (Å²) in [6.07, 6.45) is -0.802. The molecule has 3 rings (SSSR count). The van der Waals surface area contributed by atoms with Crippen LogP contribution >= 0.6 is 11.5 Å². The number of rotatable bonds is 5. The highest BCUT2D eigenvalue weighted by atomic mass is 32.1. The Morgan fingerprint density at radius 1 is 1.08 bits per heavy atom. The molecule has 8 heteroatoms. The highest BCUT2D eigenvalue weighted by Gasteiger charge is 2.17. The standard InChI is InChI=1S/C17H13F2N3O2S/c1-10(24-14-8-6-13(19)7-9-14)16(23)21-17-20-15(22-25-17)11-2-4-12(18)5-3-11/h2-10H,1H3,(H,20,21,22,23)/t10-/m1/s1. The molecule has 128 valence electrons. The third-order valence-corrected chi connectivity index (χ3v) is 3.88. The SMILES string of the molecule is C[C@@H](Oc1ccc(F)cc1)C(=O)Nc1nc(-c2ccc(F)cc2)ns1. The van der Waals surface area contributed by atoms with E-state index in [2.05, 4.69) is 14.7 Å². The number of hydrogen-bond donors (Lipinski definition) is 1. The van der Waals surface area contributed by atoms with Gasteiger partial charge in [0.05, 0.1) is 0 Å². The zero-order valence-electron chi connectivity index (χ0n) is 13.1. The molecule has 0 radical (unpaired) electrons. The summed E-state index contributed by atoms with van der Waals surface area (Å²) in [6.45, 7) is 1.57. The Bertz CT molecular complexity index is 866. The first-order valence-corrected chi connectivity index (χ1v) is 8.11. The van der Waals surface area contributed by atoms with Gasteiger partial charge in [-0.05, 0) is 55.5 Å². The topological polar surface area (TPSA) is 64.1 Å². The fraction of sp³-hybridized carbons (Fsp3) is 0.118. The van der Waals surface area contributed by atoms with Crippen molar-refractivity contribution < 1.29 is 18.3 Å². The van der Waals surface area contributed by atoms with Gasteiger partial charge in [-0.15, -0.1) is 0 Å². The molecule has 0 aliphatic carbocycles. The third-order valence-electron chi connectivity index (χ3n) is 3.25. The summed E-state index contributed by atoms with van der Waals surface area (Å²) in [5.74, 6) is -0.363. The van der Waals surface area contributed by atoms with Gasteiger partial charge in [0.25, 0.3) is 5.91 Å². The summed E-state index contributed by atoms with van der Waals surface area (Å²) in [7, 11) is 0.